The van der Waals surface area contributed by atoms with Crippen molar-refractivity contribution < 1.29 is 19.5 Å². The highest BCUT2D eigenvalue weighted by atomic mass is 32.2. The summed E-state index contributed by atoms with van der Waals surface area (Å²) >= 11 is 1.46. The Morgan fingerprint density at radius 3 is 2.71 bits per heavy atom. The van der Waals surface area contributed by atoms with E-state index in [1.165, 1.54) is 16.7 Å². The molecule has 1 fully saturated rings. The van der Waals surface area contributed by atoms with Gasteiger partial charge in [0.2, 0.25) is 5.91 Å². The Morgan fingerprint density at radius 2 is 2.04 bits per heavy atom. The number of carbonyl (C=O) groups excluding carboxylic acids is 2. The van der Waals surface area contributed by atoms with Crippen LogP contribution in [-0.2, 0) is 14.4 Å². The molecule has 0 aliphatic carbocycles. The lowest BCUT2D eigenvalue weighted by Crippen LogP contribution is -2.70. The first-order valence-corrected chi connectivity index (χ1v) is 8.50. The molecule has 1 aromatic carbocycles. The topological polar surface area (TPSA) is 98.7 Å². The molecule has 0 saturated carbocycles. The van der Waals surface area contributed by atoms with E-state index in [1.54, 1.807) is 6.92 Å². The van der Waals surface area contributed by atoms with Crippen LogP contribution >= 0.6 is 11.8 Å². The minimum Gasteiger partial charge on any atom is -0.477 e. The summed E-state index contributed by atoms with van der Waals surface area (Å²) in [6, 6.07) is 8.59. The van der Waals surface area contributed by atoms with Gasteiger partial charge >= 0.3 is 5.97 Å². The maximum atomic E-state index is 12.2. The fourth-order valence-corrected chi connectivity index (χ4v) is 4.03. The van der Waals surface area contributed by atoms with Crippen LogP contribution in [0, 0.1) is 0 Å². The second-order valence-electron chi connectivity index (χ2n) is 5.61. The first kappa shape index (κ1) is 16.4. The quantitative estimate of drug-likeness (QED) is 0.683. The molecule has 1 aromatic rings. The number of β-lactam (4-membered cyclic amide) rings is 1. The van der Waals surface area contributed by atoms with Crippen LogP contribution in [0.3, 0.4) is 0 Å². The van der Waals surface area contributed by atoms with Crippen molar-refractivity contribution >= 4 is 35.2 Å². The maximum absolute atomic E-state index is 12.2. The van der Waals surface area contributed by atoms with Crippen LogP contribution in [0.4, 0.5) is 5.69 Å². The zero-order valence-electron chi connectivity index (χ0n) is 13.0. The van der Waals surface area contributed by atoms with Crippen LogP contribution in [0.2, 0.25) is 0 Å². The number of carbonyl (C=O) groups is 3. The molecule has 0 unspecified atom stereocenters. The van der Waals surface area contributed by atoms with Crippen LogP contribution in [0.1, 0.15) is 6.92 Å². The van der Waals surface area contributed by atoms with E-state index in [0.717, 1.165) is 5.69 Å². The molecule has 0 aromatic heterocycles. The predicted octanol–water partition coefficient (Wildman–Crippen LogP) is 0.857. The number of carboxylic acids is 1. The number of thioether (sulfide) groups is 1. The molecule has 8 heteroatoms. The molecule has 2 aliphatic rings. The Morgan fingerprint density at radius 1 is 1.33 bits per heavy atom. The first-order chi connectivity index (χ1) is 11.5. The molecule has 126 valence electrons. The third kappa shape index (κ3) is 2.96. The van der Waals surface area contributed by atoms with Crippen molar-refractivity contribution in [3.8, 4) is 0 Å². The monoisotopic (exact) mass is 347 g/mol. The number of anilines is 1. The second kappa shape index (κ2) is 6.56. The van der Waals surface area contributed by atoms with Crippen LogP contribution in [0.5, 0.6) is 0 Å². The number of carboxylic acid groups (broad SMARTS) is 1. The minimum absolute atomic E-state index is 0.0386. The molecule has 0 radical (unpaired) electrons. The minimum atomic E-state index is -1.11. The van der Waals surface area contributed by atoms with Crippen LogP contribution in [0.25, 0.3) is 0 Å². The molecule has 2 heterocycles. The highest BCUT2D eigenvalue weighted by Gasteiger charge is 2.53. The van der Waals surface area contributed by atoms with Gasteiger partial charge in [0.25, 0.3) is 5.91 Å². The lowest BCUT2D eigenvalue weighted by atomic mass is 10.0. The molecule has 7 nitrogen and oxygen atoms in total. The van der Waals surface area contributed by atoms with Gasteiger partial charge in [0, 0.05) is 11.4 Å². The number of aliphatic carboxylic acids is 1. The van der Waals surface area contributed by atoms with Crippen molar-refractivity contribution in [1.82, 2.24) is 10.2 Å². The number of hydrogen-bond acceptors (Lipinski definition) is 5. The van der Waals surface area contributed by atoms with Gasteiger partial charge < -0.3 is 15.7 Å². The van der Waals surface area contributed by atoms with Gasteiger partial charge in [-0.1, -0.05) is 18.2 Å². The molecule has 2 atom stereocenters. The summed E-state index contributed by atoms with van der Waals surface area (Å²) in [4.78, 5) is 36.9. The predicted molar refractivity (Wildman–Crippen MR) is 90.3 cm³/mol. The highest BCUT2D eigenvalue weighted by molar-refractivity contribution is 8.00. The van der Waals surface area contributed by atoms with E-state index < -0.39 is 12.0 Å². The SMILES string of the molecule is CC1=C(C(=O)O)N2C(=O)[C@@H](NC(=O)CNc3ccccc3)[C@H]2SC1. The zero-order chi connectivity index (χ0) is 17.3. The smallest absolute Gasteiger partial charge is 0.352 e. The fraction of sp³-hybridized carbons (Fsp3) is 0.312. The Hall–Kier alpha value is -2.48. The molecular weight excluding hydrogens is 330 g/mol. The van der Waals surface area contributed by atoms with Crippen molar-refractivity contribution in [2.75, 3.05) is 17.6 Å². The van der Waals surface area contributed by atoms with Gasteiger partial charge in [-0.05, 0) is 24.6 Å². The third-order valence-electron chi connectivity index (χ3n) is 3.90. The normalized spacial score (nSPS) is 22.5. The van der Waals surface area contributed by atoms with E-state index in [4.69, 9.17) is 0 Å². The number of hydrogen-bond donors (Lipinski definition) is 3. The Labute approximate surface area is 143 Å². The van der Waals surface area contributed by atoms with Crippen LogP contribution in [-0.4, -0.2) is 51.5 Å². The van der Waals surface area contributed by atoms with Crippen molar-refractivity contribution in [1.29, 1.82) is 0 Å². The summed E-state index contributed by atoms with van der Waals surface area (Å²) in [5, 5.41) is 14.6. The number of nitrogens with one attached hydrogen (secondary N) is 2. The molecule has 24 heavy (non-hydrogen) atoms. The molecule has 1 saturated heterocycles. The maximum Gasteiger partial charge on any atom is 0.352 e. The average molecular weight is 347 g/mol. The summed E-state index contributed by atoms with van der Waals surface area (Å²) in [6.07, 6.45) is 0. The van der Waals surface area contributed by atoms with E-state index in [0.29, 0.717) is 11.3 Å². The molecule has 2 aliphatic heterocycles. The zero-order valence-corrected chi connectivity index (χ0v) is 13.8. The molecule has 3 N–H and O–H groups in total. The van der Waals surface area contributed by atoms with Gasteiger partial charge in [-0.15, -0.1) is 11.8 Å². The average Bonchev–Trinajstić information content (AvgIpc) is 2.58. The number of amides is 2. The molecule has 3 rings (SSSR count). The summed E-state index contributed by atoms with van der Waals surface area (Å²) in [5.41, 5.74) is 1.51. The van der Waals surface area contributed by atoms with Crippen molar-refractivity contribution in [3.63, 3.8) is 0 Å². The molecule has 2 amide bonds. The van der Waals surface area contributed by atoms with E-state index in [1.807, 2.05) is 30.3 Å². The van der Waals surface area contributed by atoms with E-state index in [2.05, 4.69) is 10.6 Å². The van der Waals surface area contributed by atoms with E-state index >= 15 is 0 Å². The fourth-order valence-electron chi connectivity index (χ4n) is 2.74. The lowest BCUT2D eigenvalue weighted by molar-refractivity contribution is -0.150. The van der Waals surface area contributed by atoms with Crippen molar-refractivity contribution in [2.45, 2.75) is 18.3 Å². The van der Waals surface area contributed by atoms with Crippen LogP contribution < -0.4 is 10.6 Å². The lowest BCUT2D eigenvalue weighted by Gasteiger charge is -2.49. The summed E-state index contributed by atoms with van der Waals surface area (Å²) in [5.74, 6) is -1.26. The second-order valence-corrected chi connectivity index (χ2v) is 6.71. The van der Waals surface area contributed by atoms with Gasteiger partial charge in [0.15, 0.2) is 0 Å². The number of nitrogens with zero attached hydrogens (tertiary/aromatic N) is 1. The first-order valence-electron chi connectivity index (χ1n) is 7.45. The van der Waals surface area contributed by atoms with Gasteiger partial charge in [0.1, 0.15) is 17.1 Å². The number of benzene rings is 1. The third-order valence-corrected chi connectivity index (χ3v) is 5.33. The number of para-hydroxylation sites is 1. The molecule has 0 spiro atoms. The van der Waals surface area contributed by atoms with Crippen LogP contribution in [0.15, 0.2) is 41.6 Å². The Kier molecular flexibility index (Phi) is 4.48. The summed E-state index contributed by atoms with van der Waals surface area (Å²) in [6.45, 7) is 1.75. The van der Waals surface area contributed by atoms with Gasteiger partial charge in [-0.25, -0.2) is 4.79 Å². The van der Waals surface area contributed by atoms with Crippen molar-refractivity contribution in [3.05, 3.63) is 41.6 Å². The number of rotatable bonds is 5. The Balaban J connectivity index is 1.59. The molecular formula is C16H17N3O4S. The number of fused-ring (bicyclic) bond motifs is 1. The Bertz CT molecular complexity index is 719. The van der Waals surface area contributed by atoms with Gasteiger partial charge in [-0.3, -0.25) is 14.5 Å². The molecule has 0 bridgehead atoms. The van der Waals surface area contributed by atoms with E-state index in [-0.39, 0.29) is 29.4 Å². The van der Waals surface area contributed by atoms with E-state index in [9.17, 15) is 19.5 Å². The summed E-state index contributed by atoms with van der Waals surface area (Å²) < 4.78 is 0. The van der Waals surface area contributed by atoms with Gasteiger partial charge in [0.05, 0.1) is 6.54 Å². The highest BCUT2D eigenvalue weighted by Crippen LogP contribution is 2.39. The van der Waals surface area contributed by atoms with Crippen molar-refractivity contribution in [2.24, 2.45) is 0 Å². The van der Waals surface area contributed by atoms with Gasteiger partial charge in [-0.2, -0.15) is 0 Å². The largest absolute Gasteiger partial charge is 0.477 e. The standard InChI is InChI=1S/C16H17N3O4S/c1-9-8-24-15-12(14(21)19(15)13(9)16(22)23)18-11(20)7-17-10-5-3-2-4-6-10/h2-6,12,15,17H,7-8H2,1H3,(H,18,20)(H,22,23)/t12-,15-/m1/s1. The summed E-state index contributed by atoms with van der Waals surface area (Å²) in [7, 11) is 0.